The summed E-state index contributed by atoms with van der Waals surface area (Å²) in [5.41, 5.74) is 0.0298. The van der Waals surface area contributed by atoms with Crippen molar-refractivity contribution in [1.29, 1.82) is 0 Å². The van der Waals surface area contributed by atoms with E-state index in [1.165, 1.54) is 12.1 Å². The zero-order valence-corrected chi connectivity index (χ0v) is 10.6. The van der Waals surface area contributed by atoms with Crippen molar-refractivity contribution in [1.82, 2.24) is 9.80 Å². The molecule has 0 spiro atoms. The van der Waals surface area contributed by atoms with E-state index in [9.17, 15) is 13.9 Å². The standard InChI is InChI=1S/C13H18F2N2O/c1-16-6-7-17(2)11(8-16)13(18)9-4-3-5-10(14)12(9)15/h3-5,11,13,18H,6-8H2,1-2H3. The van der Waals surface area contributed by atoms with Gasteiger partial charge in [-0.05, 0) is 20.2 Å². The molecule has 1 aromatic carbocycles. The Kier molecular flexibility index (Phi) is 3.94. The second-order valence-electron chi connectivity index (χ2n) is 4.90. The summed E-state index contributed by atoms with van der Waals surface area (Å²) in [6.45, 7) is 2.34. The first-order valence-electron chi connectivity index (χ1n) is 6.01. The number of aliphatic hydroxyl groups is 1. The molecule has 3 nitrogen and oxygen atoms in total. The fraction of sp³-hybridized carbons (Fsp3) is 0.538. The summed E-state index contributed by atoms with van der Waals surface area (Å²) in [7, 11) is 3.84. The van der Waals surface area contributed by atoms with Crippen molar-refractivity contribution in [2.45, 2.75) is 12.1 Å². The van der Waals surface area contributed by atoms with Gasteiger partial charge >= 0.3 is 0 Å². The maximum Gasteiger partial charge on any atom is 0.164 e. The monoisotopic (exact) mass is 256 g/mol. The molecule has 5 heteroatoms. The zero-order valence-electron chi connectivity index (χ0n) is 10.6. The number of halogens is 2. The van der Waals surface area contributed by atoms with Gasteiger partial charge in [0.25, 0.3) is 0 Å². The van der Waals surface area contributed by atoms with Gasteiger partial charge in [-0.15, -0.1) is 0 Å². The molecule has 0 saturated carbocycles. The van der Waals surface area contributed by atoms with Gasteiger partial charge in [0.1, 0.15) is 0 Å². The van der Waals surface area contributed by atoms with Crippen LogP contribution in [0, 0.1) is 11.6 Å². The summed E-state index contributed by atoms with van der Waals surface area (Å²) in [6, 6.07) is 3.69. The molecule has 0 aliphatic carbocycles. The summed E-state index contributed by atoms with van der Waals surface area (Å²) in [6.07, 6.45) is -1.02. The van der Waals surface area contributed by atoms with E-state index in [1.54, 1.807) is 0 Å². The number of rotatable bonds is 2. The van der Waals surface area contributed by atoms with E-state index < -0.39 is 17.7 Å². The number of piperazine rings is 1. The minimum Gasteiger partial charge on any atom is -0.387 e. The van der Waals surface area contributed by atoms with Crippen molar-refractivity contribution in [3.8, 4) is 0 Å². The van der Waals surface area contributed by atoms with E-state index in [1.807, 2.05) is 19.0 Å². The molecule has 0 aromatic heterocycles. The highest BCUT2D eigenvalue weighted by Crippen LogP contribution is 2.26. The van der Waals surface area contributed by atoms with Crippen LogP contribution in [0.5, 0.6) is 0 Å². The van der Waals surface area contributed by atoms with Crippen LogP contribution in [0.2, 0.25) is 0 Å². The third kappa shape index (κ3) is 2.53. The minimum atomic E-state index is -1.02. The Hall–Kier alpha value is -1.04. The van der Waals surface area contributed by atoms with Crippen LogP contribution >= 0.6 is 0 Å². The van der Waals surface area contributed by atoms with Gasteiger partial charge in [0.05, 0.1) is 12.1 Å². The SMILES string of the molecule is CN1CCN(C)C(C(O)c2cccc(F)c2F)C1. The lowest BCUT2D eigenvalue weighted by molar-refractivity contribution is 0.0119. The molecule has 1 heterocycles. The molecule has 1 fully saturated rings. The second-order valence-corrected chi connectivity index (χ2v) is 4.90. The van der Waals surface area contributed by atoms with Crippen molar-refractivity contribution in [2.75, 3.05) is 33.7 Å². The highest BCUT2D eigenvalue weighted by Gasteiger charge is 2.31. The first-order valence-corrected chi connectivity index (χ1v) is 6.01. The molecule has 1 aliphatic rings. The molecular formula is C13H18F2N2O. The molecule has 1 N–H and O–H groups in total. The molecule has 1 aliphatic heterocycles. The van der Waals surface area contributed by atoms with Crippen molar-refractivity contribution in [3.05, 3.63) is 35.4 Å². The van der Waals surface area contributed by atoms with Gasteiger partial charge in [-0.3, -0.25) is 4.90 Å². The average molecular weight is 256 g/mol. The number of benzene rings is 1. The molecule has 2 atom stereocenters. The van der Waals surface area contributed by atoms with Crippen LogP contribution in [0.15, 0.2) is 18.2 Å². The maximum absolute atomic E-state index is 13.7. The maximum atomic E-state index is 13.7. The van der Waals surface area contributed by atoms with E-state index in [0.29, 0.717) is 6.54 Å². The first-order chi connectivity index (χ1) is 8.50. The Labute approximate surface area is 106 Å². The largest absolute Gasteiger partial charge is 0.387 e. The molecule has 0 radical (unpaired) electrons. The molecular weight excluding hydrogens is 238 g/mol. The van der Waals surface area contributed by atoms with Gasteiger partial charge in [-0.25, -0.2) is 8.78 Å². The van der Waals surface area contributed by atoms with Crippen LogP contribution in [0.25, 0.3) is 0 Å². The lowest BCUT2D eigenvalue weighted by atomic mass is 9.98. The molecule has 1 saturated heterocycles. The van der Waals surface area contributed by atoms with Crippen LogP contribution in [0.3, 0.4) is 0 Å². The van der Waals surface area contributed by atoms with Crippen LogP contribution in [-0.2, 0) is 0 Å². The Morgan fingerprint density at radius 3 is 2.72 bits per heavy atom. The summed E-state index contributed by atoms with van der Waals surface area (Å²) < 4.78 is 26.8. The third-order valence-electron chi connectivity index (χ3n) is 3.56. The van der Waals surface area contributed by atoms with Crippen LogP contribution in [-0.4, -0.2) is 54.7 Å². The molecule has 1 aromatic rings. The van der Waals surface area contributed by atoms with Gasteiger partial charge in [0.2, 0.25) is 0 Å². The Morgan fingerprint density at radius 1 is 1.28 bits per heavy atom. The van der Waals surface area contributed by atoms with E-state index >= 15 is 0 Å². The van der Waals surface area contributed by atoms with Gasteiger partial charge in [-0.1, -0.05) is 12.1 Å². The van der Waals surface area contributed by atoms with E-state index in [0.717, 1.165) is 19.2 Å². The quantitative estimate of drug-likeness (QED) is 0.862. The fourth-order valence-electron chi connectivity index (χ4n) is 2.34. The Balaban J connectivity index is 2.24. The summed E-state index contributed by atoms with van der Waals surface area (Å²) in [5, 5.41) is 10.3. The summed E-state index contributed by atoms with van der Waals surface area (Å²) >= 11 is 0. The predicted molar refractivity (Wildman–Crippen MR) is 65.2 cm³/mol. The molecule has 100 valence electrons. The highest BCUT2D eigenvalue weighted by atomic mass is 19.2. The zero-order chi connectivity index (χ0) is 13.3. The number of aliphatic hydroxyl groups excluding tert-OH is 1. The van der Waals surface area contributed by atoms with Crippen molar-refractivity contribution >= 4 is 0 Å². The smallest absolute Gasteiger partial charge is 0.164 e. The number of hydrogen-bond donors (Lipinski definition) is 1. The lowest BCUT2D eigenvalue weighted by Crippen LogP contribution is -2.52. The van der Waals surface area contributed by atoms with Crippen LogP contribution < -0.4 is 0 Å². The van der Waals surface area contributed by atoms with E-state index in [2.05, 4.69) is 4.90 Å². The molecule has 18 heavy (non-hydrogen) atoms. The third-order valence-corrected chi connectivity index (χ3v) is 3.56. The highest BCUT2D eigenvalue weighted by molar-refractivity contribution is 5.23. The molecule has 0 amide bonds. The number of hydrogen-bond acceptors (Lipinski definition) is 3. The fourth-order valence-corrected chi connectivity index (χ4v) is 2.34. The van der Waals surface area contributed by atoms with E-state index in [4.69, 9.17) is 0 Å². The summed E-state index contributed by atoms with van der Waals surface area (Å²) in [4.78, 5) is 4.06. The summed E-state index contributed by atoms with van der Waals surface area (Å²) in [5.74, 6) is -1.87. The van der Waals surface area contributed by atoms with E-state index in [-0.39, 0.29) is 11.6 Å². The van der Waals surface area contributed by atoms with Gasteiger partial charge in [-0.2, -0.15) is 0 Å². The molecule has 2 unspecified atom stereocenters. The van der Waals surface area contributed by atoms with Crippen LogP contribution in [0.1, 0.15) is 11.7 Å². The first kappa shape index (κ1) is 13.4. The van der Waals surface area contributed by atoms with Crippen molar-refractivity contribution in [2.24, 2.45) is 0 Å². The van der Waals surface area contributed by atoms with Gasteiger partial charge in [0, 0.05) is 25.2 Å². The number of nitrogens with zero attached hydrogens (tertiary/aromatic N) is 2. The van der Waals surface area contributed by atoms with Crippen molar-refractivity contribution in [3.63, 3.8) is 0 Å². The second kappa shape index (κ2) is 5.30. The van der Waals surface area contributed by atoms with Gasteiger partial charge in [0.15, 0.2) is 11.6 Å². The Morgan fingerprint density at radius 2 is 2.00 bits per heavy atom. The predicted octanol–water partition coefficient (Wildman–Crippen LogP) is 1.24. The lowest BCUT2D eigenvalue weighted by Gasteiger charge is -2.40. The number of likely N-dealkylation sites (N-methyl/N-ethyl adjacent to an activating group) is 2. The van der Waals surface area contributed by atoms with Gasteiger partial charge < -0.3 is 10.0 Å². The molecule has 0 bridgehead atoms. The topological polar surface area (TPSA) is 26.7 Å². The van der Waals surface area contributed by atoms with Crippen molar-refractivity contribution < 1.29 is 13.9 Å². The Bertz CT molecular complexity index is 427. The average Bonchev–Trinajstić information content (AvgIpc) is 2.35. The minimum absolute atomic E-state index is 0.0298. The van der Waals surface area contributed by atoms with Crippen LogP contribution in [0.4, 0.5) is 8.78 Å². The molecule has 2 rings (SSSR count). The normalized spacial score (nSPS) is 24.2.